The van der Waals surface area contributed by atoms with Crippen LogP contribution in [0.5, 0.6) is 11.5 Å². The molecule has 1 aromatic carbocycles. The average molecular weight is 492 g/mol. The molecule has 188 valence electrons. The zero-order valence-electron chi connectivity index (χ0n) is 20.3. The smallest absolute Gasteiger partial charge is 0.337 e. The first kappa shape index (κ1) is 24.9. The number of amides is 1. The van der Waals surface area contributed by atoms with Crippen LogP contribution >= 0.6 is 0 Å². The number of carboxylic acid groups (broad SMARTS) is 1. The van der Waals surface area contributed by atoms with Gasteiger partial charge in [-0.15, -0.1) is 0 Å². The van der Waals surface area contributed by atoms with Crippen molar-refractivity contribution in [3.05, 3.63) is 71.3 Å². The van der Waals surface area contributed by atoms with Crippen molar-refractivity contribution in [2.24, 2.45) is 0 Å². The Hall–Kier alpha value is -4.21. The van der Waals surface area contributed by atoms with Crippen LogP contribution in [0.3, 0.4) is 0 Å². The maximum Gasteiger partial charge on any atom is 0.337 e. The first-order valence-electron chi connectivity index (χ1n) is 11.9. The molecular weight excluding hydrogens is 462 g/mol. The molecule has 1 fully saturated rings. The summed E-state index contributed by atoms with van der Waals surface area (Å²) in [4.78, 5) is 38.7. The number of benzene rings is 1. The van der Waals surface area contributed by atoms with Crippen LogP contribution in [0.1, 0.15) is 51.7 Å². The Morgan fingerprint density at radius 3 is 2.56 bits per heavy atom. The first-order chi connectivity index (χ1) is 17.4. The van der Waals surface area contributed by atoms with Crippen molar-refractivity contribution in [1.82, 2.24) is 20.3 Å². The normalized spacial score (nSPS) is 15.3. The monoisotopic (exact) mass is 491 g/mol. The van der Waals surface area contributed by atoms with Gasteiger partial charge >= 0.3 is 5.97 Å². The van der Waals surface area contributed by atoms with Gasteiger partial charge in [0.2, 0.25) is 5.95 Å². The second kappa shape index (κ2) is 11.5. The van der Waals surface area contributed by atoms with Crippen molar-refractivity contribution in [2.45, 2.75) is 39.3 Å². The van der Waals surface area contributed by atoms with Crippen LogP contribution in [0.15, 0.2) is 48.9 Å². The molecule has 0 aliphatic carbocycles. The van der Waals surface area contributed by atoms with E-state index in [9.17, 15) is 9.59 Å². The number of pyridine rings is 1. The van der Waals surface area contributed by atoms with Crippen LogP contribution in [0.2, 0.25) is 0 Å². The highest BCUT2D eigenvalue weighted by molar-refractivity contribution is 5.93. The molecule has 0 saturated carbocycles. The number of aromatic carboxylic acids is 1. The molecule has 36 heavy (non-hydrogen) atoms. The van der Waals surface area contributed by atoms with Crippen LogP contribution in [-0.4, -0.2) is 57.7 Å². The maximum atomic E-state index is 12.6. The molecule has 1 unspecified atom stereocenters. The number of piperidine rings is 1. The fourth-order valence-corrected chi connectivity index (χ4v) is 3.97. The highest BCUT2D eigenvalue weighted by Crippen LogP contribution is 2.29. The van der Waals surface area contributed by atoms with Gasteiger partial charge in [0.15, 0.2) is 11.5 Å². The number of aromatic nitrogens is 3. The predicted molar refractivity (Wildman–Crippen MR) is 133 cm³/mol. The van der Waals surface area contributed by atoms with E-state index in [1.165, 1.54) is 24.7 Å². The van der Waals surface area contributed by atoms with E-state index in [1.807, 2.05) is 36.1 Å². The number of carboxylic acids is 1. The Kier molecular flexibility index (Phi) is 7.94. The fourth-order valence-electron chi connectivity index (χ4n) is 3.97. The minimum atomic E-state index is -1.07. The number of carbonyl (C=O) groups excluding carboxylic acids is 1. The van der Waals surface area contributed by atoms with Gasteiger partial charge in [-0.3, -0.25) is 9.78 Å². The zero-order chi connectivity index (χ0) is 25.5. The molecule has 1 aliphatic heterocycles. The number of ether oxygens (including phenoxy) is 2. The lowest BCUT2D eigenvalue weighted by atomic mass is 10.1. The van der Waals surface area contributed by atoms with E-state index in [-0.39, 0.29) is 24.1 Å². The number of para-hydroxylation sites is 2. The number of carbonyl (C=O) groups is 2. The summed E-state index contributed by atoms with van der Waals surface area (Å²) in [6.45, 7) is 5.83. The van der Waals surface area contributed by atoms with Crippen molar-refractivity contribution in [3.8, 4) is 11.5 Å². The van der Waals surface area contributed by atoms with E-state index in [0.29, 0.717) is 35.9 Å². The predicted octanol–water partition coefficient (Wildman–Crippen LogP) is 3.25. The average Bonchev–Trinajstić information content (AvgIpc) is 2.89. The van der Waals surface area contributed by atoms with E-state index in [2.05, 4.69) is 20.3 Å². The van der Waals surface area contributed by atoms with Crippen molar-refractivity contribution in [3.63, 3.8) is 0 Å². The molecule has 0 spiro atoms. The number of nitrogens with zero attached hydrogens (tertiary/aromatic N) is 4. The third-order valence-electron chi connectivity index (χ3n) is 5.88. The number of aryl methyl sites for hydroxylation is 1. The van der Waals surface area contributed by atoms with E-state index in [1.54, 1.807) is 6.92 Å². The lowest BCUT2D eigenvalue weighted by Gasteiger charge is -2.33. The second-order valence-electron chi connectivity index (χ2n) is 8.44. The highest BCUT2D eigenvalue weighted by atomic mass is 16.5. The first-order valence-corrected chi connectivity index (χ1v) is 11.9. The van der Waals surface area contributed by atoms with Crippen molar-refractivity contribution >= 4 is 17.8 Å². The van der Waals surface area contributed by atoms with E-state index >= 15 is 0 Å². The zero-order valence-corrected chi connectivity index (χ0v) is 20.3. The number of hydrogen-bond acceptors (Lipinski definition) is 8. The molecule has 1 atom stereocenters. The molecule has 3 aromatic rings. The Balaban J connectivity index is 1.36. The summed E-state index contributed by atoms with van der Waals surface area (Å²) in [5, 5.41) is 11.9. The van der Waals surface area contributed by atoms with Gasteiger partial charge in [0.05, 0.1) is 24.3 Å². The lowest BCUT2D eigenvalue weighted by molar-refractivity contribution is 0.0696. The topological polar surface area (TPSA) is 127 Å². The third-order valence-corrected chi connectivity index (χ3v) is 5.88. The summed E-state index contributed by atoms with van der Waals surface area (Å²) in [5.74, 6) is 0.562. The van der Waals surface area contributed by atoms with Gasteiger partial charge in [0.1, 0.15) is 6.10 Å². The molecule has 1 saturated heterocycles. The summed E-state index contributed by atoms with van der Waals surface area (Å²) in [7, 11) is 0. The Morgan fingerprint density at radius 1 is 1.11 bits per heavy atom. The van der Waals surface area contributed by atoms with E-state index in [4.69, 9.17) is 14.6 Å². The fraction of sp³-hybridized carbons (Fsp3) is 0.346. The summed E-state index contributed by atoms with van der Waals surface area (Å²) in [6.07, 6.45) is 6.08. The molecule has 10 nitrogen and oxygen atoms in total. The lowest BCUT2D eigenvalue weighted by Crippen LogP contribution is -2.42. The van der Waals surface area contributed by atoms with Crippen molar-refractivity contribution < 1.29 is 24.2 Å². The highest BCUT2D eigenvalue weighted by Gasteiger charge is 2.24. The summed E-state index contributed by atoms with van der Waals surface area (Å²) < 4.78 is 11.9. The van der Waals surface area contributed by atoms with Gasteiger partial charge < -0.3 is 24.8 Å². The van der Waals surface area contributed by atoms with Crippen LogP contribution in [-0.2, 0) is 6.54 Å². The van der Waals surface area contributed by atoms with Gasteiger partial charge in [0.25, 0.3) is 5.91 Å². The number of anilines is 1. The van der Waals surface area contributed by atoms with Crippen LogP contribution in [0, 0.1) is 6.92 Å². The Bertz CT molecular complexity index is 1220. The van der Waals surface area contributed by atoms with E-state index in [0.717, 1.165) is 30.9 Å². The molecule has 2 aromatic heterocycles. The molecule has 0 bridgehead atoms. The number of rotatable bonds is 9. The quantitative estimate of drug-likeness (QED) is 0.464. The standard InChI is InChI=1S/C26H29N5O5/c1-3-35-22-8-4-5-9-23(22)36-21-7-6-10-31(16-21)26-29-14-20(15-30-26)24(32)28-12-18-11-19(25(33)34)13-27-17(18)2/h4-5,8-9,11,13-15,21H,3,6-7,10,12,16H2,1-2H3,(H,28,32)(H,33,34). The summed E-state index contributed by atoms with van der Waals surface area (Å²) in [5.41, 5.74) is 1.67. The van der Waals surface area contributed by atoms with Gasteiger partial charge in [-0.2, -0.15) is 0 Å². The molecular formula is C26H29N5O5. The largest absolute Gasteiger partial charge is 0.490 e. The summed E-state index contributed by atoms with van der Waals surface area (Å²) in [6, 6.07) is 9.15. The third kappa shape index (κ3) is 6.07. The minimum absolute atomic E-state index is 0.0367. The Morgan fingerprint density at radius 2 is 1.83 bits per heavy atom. The number of nitrogens with one attached hydrogen (secondary N) is 1. The van der Waals surface area contributed by atoms with Crippen LogP contribution in [0.25, 0.3) is 0 Å². The molecule has 2 N–H and O–H groups in total. The van der Waals surface area contributed by atoms with Crippen molar-refractivity contribution in [1.29, 1.82) is 0 Å². The minimum Gasteiger partial charge on any atom is -0.490 e. The molecule has 1 aliphatic rings. The summed E-state index contributed by atoms with van der Waals surface area (Å²) >= 11 is 0. The molecule has 3 heterocycles. The van der Waals surface area contributed by atoms with Gasteiger partial charge in [0, 0.05) is 37.4 Å². The van der Waals surface area contributed by atoms with Crippen LogP contribution in [0.4, 0.5) is 5.95 Å². The van der Waals surface area contributed by atoms with Gasteiger partial charge in [-0.25, -0.2) is 14.8 Å². The molecule has 0 radical (unpaired) electrons. The van der Waals surface area contributed by atoms with Gasteiger partial charge in [-0.1, -0.05) is 12.1 Å². The van der Waals surface area contributed by atoms with Crippen molar-refractivity contribution in [2.75, 3.05) is 24.6 Å². The Labute approximate surface area is 209 Å². The second-order valence-corrected chi connectivity index (χ2v) is 8.44. The van der Waals surface area contributed by atoms with E-state index < -0.39 is 5.97 Å². The van der Waals surface area contributed by atoms with Crippen LogP contribution < -0.4 is 19.7 Å². The number of hydrogen-bond donors (Lipinski definition) is 2. The maximum absolute atomic E-state index is 12.6. The SMILES string of the molecule is CCOc1ccccc1OC1CCCN(c2ncc(C(=O)NCc3cc(C(=O)O)cnc3C)cn2)C1. The molecule has 1 amide bonds. The molecule has 4 rings (SSSR count). The van der Waals surface area contributed by atoms with Gasteiger partial charge in [-0.05, 0) is 50.5 Å². The molecule has 10 heteroatoms.